The molecular formula is C13H16BrNO4. The molecule has 0 atom stereocenters. The maximum atomic E-state index is 11.6. The van der Waals surface area contributed by atoms with E-state index in [-0.39, 0.29) is 12.5 Å². The van der Waals surface area contributed by atoms with Gasteiger partial charge in [-0.25, -0.2) is 0 Å². The first-order chi connectivity index (χ1) is 9.09. The minimum absolute atomic E-state index is 0.0607. The molecule has 1 N–H and O–H groups in total. The summed E-state index contributed by atoms with van der Waals surface area (Å²) >= 11 is 3.54. The number of carbonyl (C=O) groups is 1. The summed E-state index contributed by atoms with van der Waals surface area (Å²) < 4.78 is 17.0. The van der Waals surface area contributed by atoms with Gasteiger partial charge >= 0.3 is 0 Å². The van der Waals surface area contributed by atoms with Crippen LogP contribution in [0.15, 0.2) is 16.6 Å². The van der Waals surface area contributed by atoms with Gasteiger partial charge in [-0.05, 0) is 27.6 Å². The summed E-state index contributed by atoms with van der Waals surface area (Å²) in [4.78, 5) is 11.6. The van der Waals surface area contributed by atoms with E-state index in [0.29, 0.717) is 12.1 Å². The molecule has 1 aliphatic rings. The van der Waals surface area contributed by atoms with Crippen molar-refractivity contribution in [2.24, 2.45) is 0 Å². The third kappa shape index (κ3) is 2.29. The number of fused-ring (bicyclic) bond motifs is 1. The number of nitrogens with one attached hydrogen (secondary N) is 1. The molecule has 0 bridgehead atoms. The molecule has 1 heterocycles. The van der Waals surface area contributed by atoms with Gasteiger partial charge in [0, 0.05) is 43.5 Å². The second kappa shape index (κ2) is 5.58. The second-order valence-electron chi connectivity index (χ2n) is 4.23. The molecule has 0 fully saturated rings. The molecule has 0 unspecified atom stereocenters. The Balaban J connectivity index is 2.54. The van der Waals surface area contributed by atoms with Crippen LogP contribution in [-0.4, -0.2) is 33.8 Å². The molecule has 6 heteroatoms. The summed E-state index contributed by atoms with van der Waals surface area (Å²) in [5.41, 5.74) is 2.39. The Hall–Kier alpha value is -0.950. The lowest BCUT2D eigenvalue weighted by atomic mass is 10.00. The summed E-state index contributed by atoms with van der Waals surface area (Å²) in [6, 6.07) is 3.60. The van der Waals surface area contributed by atoms with Crippen molar-refractivity contribution in [3.05, 3.63) is 33.3 Å². The van der Waals surface area contributed by atoms with E-state index in [1.807, 2.05) is 6.07 Å². The van der Waals surface area contributed by atoms with Crippen molar-refractivity contribution >= 4 is 21.8 Å². The smallest absolute Gasteiger partial charge is 0.251 e. The van der Waals surface area contributed by atoms with Crippen LogP contribution in [0.2, 0.25) is 0 Å². The molecule has 2 rings (SSSR count). The summed E-state index contributed by atoms with van der Waals surface area (Å²) in [7, 11) is 4.70. The SMILES string of the molecule is COCC(OC)(OC)c1ccc2c(c1Br)CNC2=O. The Morgan fingerprint density at radius 3 is 2.58 bits per heavy atom. The highest BCUT2D eigenvalue weighted by Gasteiger charge is 2.36. The van der Waals surface area contributed by atoms with Gasteiger partial charge in [0.15, 0.2) is 0 Å². The minimum atomic E-state index is -0.992. The standard InChI is InChI=1S/C13H16BrNO4/c1-17-7-13(18-2,19-3)10-5-4-8-9(11(10)14)6-15-12(8)16/h4-5H,6-7H2,1-3H3,(H,15,16). The van der Waals surface area contributed by atoms with Crippen LogP contribution in [0, 0.1) is 0 Å². The number of methoxy groups -OCH3 is 3. The number of hydrogen-bond donors (Lipinski definition) is 1. The number of carbonyl (C=O) groups excluding carboxylic acids is 1. The molecule has 0 saturated heterocycles. The van der Waals surface area contributed by atoms with Gasteiger partial charge in [0.25, 0.3) is 5.91 Å². The van der Waals surface area contributed by atoms with Crippen LogP contribution in [0.3, 0.4) is 0 Å². The van der Waals surface area contributed by atoms with Gasteiger partial charge in [0.05, 0.1) is 0 Å². The van der Waals surface area contributed by atoms with Crippen LogP contribution in [0.25, 0.3) is 0 Å². The molecule has 1 aromatic carbocycles. The van der Waals surface area contributed by atoms with E-state index in [1.165, 1.54) is 0 Å². The fourth-order valence-corrected chi connectivity index (χ4v) is 3.04. The molecule has 104 valence electrons. The number of hydrogen-bond acceptors (Lipinski definition) is 4. The fourth-order valence-electron chi connectivity index (χ4n) is 2.25. The van der Waals surface area contributed by atoms with Crippen LogP contribution in [-0.2, 0) is 26.5 Å². The Morgan fingerprint density at radius 1 is 1.32 bits per heavy atom. The first-order valence-electron chi connectivity index (χ1n) is 5.79. The average Bonchev–Trinajstić information content (AvgIpc) is 2.80. The zero-order chi connectivity index (χ0) is 14.0. The van der Waals surface area contributed by atoms with Gasteiger partial charge in [0.2, 0.25) is 5.79 Å². The van der Waals surface area contributed by atoms with Gasteiger partial charge in [-0.1, -0.05) is 6.07 Å². The number of benzene rings is 1. The molecule has 5 nitrogen and oxygen atoms in total. The van der Waals surface area contributed by atoms with Crippen LogP contribution < -0.4 is 5.32 Å². The van der Waals surface area contributed by atoms with Crippen LogP contribution in [0.4, 0.5) is 0 Å². The maximum absolute atomic E-state index is 11.6. The third-order valence-corrected chi connectivity index (χ3v) is 4.22. The number of ether oxygens (including phenoxy) is 3. The van der Waals surface area contributed by atoms with E-state index in [0.717, 1.165) is 15.6 Å². The topological polar surface area (TPSA) is 56.8 Å². The molecule has 0 aliphatic carbocycles. The van der Waals surface area contributed by atoms with Crippen molar-refractivity contribution in [3.8, 4) is 0 Å². The number of halogens is 1. The van der Waals surface area contributed by atoms with E-state index < -0.39 is 5.79 Å². The molecule has 0 radical (unpaired) electrons. The highest BCUT2D eigenvalue weighted by molar-refractivity contribution is 9.10. The van der Waals surface area contributed by atoms with E-state index >= 15 is 0 Å². The van der Waals surface area contributed by atoms with Gasteiger partial charge < -0.3 is 19.5 Å². The van der Waals surface area contributed by atoms with Crippen molar-refractivity contribution in [2.75, 3.05) is 27.9 Å². The molecule has 0 spiro atoms. The Kier molecular flexibility index (Phi) is 4.25. The van der Waals surface area contributed by atoms with Crippen molar-refractivity contribution < 1.29 is 19.0 Å². The van der Waals surface area contributed by atoms with Crippen molar-refractivity contribution in [1.82, 2.24) is 5.32 Å². The highest BCUT2D eigenvalue weighted by Crippen LogP contribution is 2.37. The molecule has 19 heavy (non-hydrogen) atoms. The van der Waals surface area contributed by atoms with Gasteiger partial charge in [-0.3, -0.25) is 4.79 Å². The van der Waals surface area contributed by atoms with E-state index in [9.17, 15) is 4.79 Å². The van der Waals surface area contributed by atoms with Crippen LogP contribution in [0.5, 0.6) is 0 Å². The van der Waals surface area contributed by atoms with Crippen LogP contribution in [0.1, 0.15) is 21.5 Å². The Bertz CT molecular complexity index is 500. The number of amides is 1. The Morgan fingerprint density at radius 2 is 2.00 bits per heavy atom. The summed E-state index contributed by atoms with van der Waals surface area (Å²) in [5, 5.41) is 2.79. The zero-order valence-electron chi connectivity index (χ0n) is 11.1. The van der Waals surface area contributed by atoms with Gasteiger partial charge in [-0.15, -0.1) is 0 Å². The van der Waals surface area contributed by atoms with E-state index in [1.54, 1.807) is 27.4 Å². The highest BCUT2D eigenvalue weighted by atomic mass is 79.9. The lowest BCUT2D eigenvalue weighted by molar-refractivity contribution is -0.240. The zero-order valence-corrected chi connectivity index (χ0v) is 12.7. The normalized spacial score (nSPS) is 14.4. The summed E-state index contributed by atoms with van der Waals surface area (Å²) in [6.45, 7) is 0.748. The fraction of sp³-hybridized carbons (Fsp3) is 0.462. The monoisotopic (exact) mass is 329 g/mol. The lowest BCUT2D eigenvalue weighted by Crippen LogP contribution is -2.36. The maximum Gasteiger partial charge on any atom is 0.251 e. The van der Waals surface area contributed by atoms with Gasteiger partial charge in [-0.2, -0.15) is 0 Å². The first kappa shape index (κ1) is 14.5. The molecule has 0 saturated carbocycles. The molecule has 1 aromatic rings. The Labute approximate surface area is 120 Å². The predicted molar refractivity (Wildman–Crippen MR) is 72.9 cm³/mol. The second-order valence-corrected chi connectivity index (χ2v) is 5.02. The molecule has 0 aromatic heterocycles. The summed E-state index contributed by atoms with van der Waals surface area (Å²) in [6.07, 6.45) is 0. The number of rotatable bonds is 5. The van der Waals surface area contributed by atoms with E-state index in [2.05, 4.69) is 21.2 Å². The largest absolute Gasteiger partial charge is 0.379 e. The van der Waals surface area contributed by atoms with Gasteiger partial charge in [0.1, 0.15) is 6.61 Å². The van der Waals surface area contributed by atoms with Crippen molar-refractivity contribution in [3.63, 3.8) is 0 Å². The minimum Gasteiger partial charge on any atom is -0.379 e. The third-order valence-electron chi connectivity index (χ3n) is 3.32. The van der Waals surface area contributed by atoms with Crippen molar-refractivity contribution in [2.45, 2.75) is 12.3 Å². The molecule has 1 amide bonds. The summed E-state index contributed by atoms with van der Waals surface area (Å²) in [5.74, 6) is -1.05. The van der Waals surface area contributed by atoms with Crippen LogP contribution >= 0.6 is 15.9 Å². The predicted octanol–water partition coefficient (Wildman–Crippen LogP) is 1.78. The van der Waals surface area contributed by atoms with E-state index in [4.69, 9.17) is 14.2 Å². The quantitative estimate of drug-likeness (QED) is 0.837. The lowest BCUT2D eigenvalue weighted by Gasteiger charge is -2.31. The van der Waals surface area contributed by atoms with Crippen molar-refractivity contribution in [1.29, 1.82) is 0 Å². The first-order valence-corrected chi connectivity index (χ1v) is 6.58. The average molecular weight is 330 g/mol. The molecule has 1 aliphatic heterocycles. The molecular weight excluding hydrogens is 314 g/mol.